The van der Waals surface area contributed by atoms with Crippen LogP contribution in [0.25, 0.3) is 0 Å². The van der Waals surface area contributed by atoms with Crippen molar-refractivity contribution in [2.75, 3.05) is 0 Å². The maximum absolute atomic E-state index is 10.1. The molecule has 0 fully saturated rings. The van der Waals surface area contributed by atoms with Gasteiger partial charge in [-0.3, -0.25) is 0 Å². The summed E-state index contributed by atoms with van der Waals surface area (Å²) in [7, 11) is 0. The number of benzene rings is 3. The third-order valence-electron chi connectivity index (χ3n) is 6.18. The van der Waals surface area contributed by atoms with Gasteiger partial charge in [0.05, 0.1) is 11.6 Å². The highest BCUT2D eigenvalue weighted by molar-refractivity contribution is 5.42. The molecule has 0 aliphatic heterocycles. The van der Waals surface area contributed by atoms with Crippen LogP contribution in [0.1, 0.15) is 46.0 Å². The SMILES string of the molecule is Oc1cccc2c1CCC(Cc1cc(C(c3ccccc3)c3ccccc3)on1)C2. The number of aromatic hydroxyl groups is 1. The number of fused-ring (bicyclic) bond motifs is 1. The topological polar surface area (TPSA) is 46.3 Å². The van der Waals surface area contributed by atoms with Crippen molar-refractivity contribution >= 4 is 0 Å². The average Bonchev–Trinajstić information content (AvgIpc) is 3.23. The van der Waals surface area contributed by atoms with Crippen molar-refractivity contribution in [3.05, 3.63) is 119 Å². The second kappa shape index (κ2) is 8.19. The highest BCUT2D eigenvalue weighted by atomic mass is 16.5. The zero-order valence-corrected chi connectivity index (χ0v) is 16.9. The zero-order chi connectivity index (χ0) is 20.3. The molecule has 0 spiro atoms. The van der Waals surface area contributed by atoms with Crippen LogP contribution in [0, 0.1) is 5.92 Å². The van der Waals surface area contributed by atoms with E-state index in [0.717, 1.165) is 42.7 Å². The standard InChI is InChI=1S/C27H25NO2/c29-25-13-7-12-22-16-19(14-15-24(22)25)17-23-18-26(30-28-23)27(20-8-3-1-4-9-20)21-10-5-2-6-11-21/h1-13,18-19,27,29H,14-17H2. The molecule has 3 nitrogen and oxygen atoms in total. The van der Waals surface area contributed by atoms with Gasteiger partial charge in [-0.1, -0.05) is 78.0 Å². The molecule has 3 aromatic carbocycles. The summed E-state index contributed by atoms with van der Waals surface area (Å²) in [5, 5.41) is 14.5. The Kier molecular flexibility index (Phi) is 5.10. The molecule has 1 atom stereocenters. The van der Waals surface area contributed by atoms with E-state index < -0.39 is 0 Å². The van der Waals surface area contributed by atoms with Crippen molar-refractivity contribution in [2.24, 2.45) is 5.92 Å². The van der Waals surface area contributed by atoms with E-state index in [2.05, 4.69) is 65.8 Å². The van der Waals surface area contributed by atoms with Crippen LogP contribution in [0.5, 0.6) is 5.75 Å². The van der Waals surface area contributed by atoms with Gasteiger partial charge in [0.25, 0.3) is 0 Å². The van der Waals surface area contributed by atoms with Crippen LogP contribution in [0.4, 0.5) is 0 Å². The van der Waals surface area contributed by atoms with E-state index in [1.54, 1.807) is 6.07 Å². The Hall–Kier alpha value is -3.33. The van der Waals surface area contributed by atoms with Crippen LogP contribution in [-0.4, -0.2) is 10.3 Å². The summed E-state index contributed by atoms with van der Waals surface area (Å²) in [4.78, 5) is 0. The van der Waals surface area contributed by atoms with Crippen LogP contribution >= 0.6 is 0 Å². The van der Waals surface area contributed by atoms with E-state index in [-0.39, 0.29) is 5.92 Å². The van der Waals surface area contributed by atoms with Crippen molar-refractivity contribution in [3.8, 4) is 5.75 Å². The minimum absolute atomic E-state index is 0.0395. The summed E-state index contributed by atoms with van der Waals surface area (Å²) in [5.74, 6) is 1.88. The second-order valence-electron chi connectivity index (χ2n) is 8.20. The number of nitrogens with zero attached hydrogens (tertiary/aromatic N) is 1. The van der Waals surface area contributed by atoms with Crippen LogP contribution in [-0.2, 0) is 19.3 Å². The van der Waals surface area contributed by atoms with E-state index in [1.165, 1.54) is 16.7 Å². The van der Waals surface area contributed by atoms with E-state index in [0.29, 0.717) is 11.7 Å². The highest BCUT2D eigenvalue weighted by Gasteiger charge is 2.25. The lowest BCUT2D eigenvalue weighted by atomic mass is 9.81. The van der Waals surface area contributed by atoms with Crippen molar-refractivity contribution in [2.45, 2.75) is 31.6 Å². The van der Waals surface area contributed by atoms with Crippen molar-refractivity contribution in [3.63, 3.8) is 0 Å². The molecule has 1 heterocycles. The highest BCUT2D eigenvalue weighted by Crippen LogP contribution is 2.35. The molecule has 4 aromatic rings. The molecule has 0 saturated carbocycles. The Morgan fingerprint density at radius 3 is 2.30 bits per heavy atom. The fourth-order valence-electron chi connectivity index (χ4n) is 4.70. The third-order valence-corrected chi connectivity index (χ3v) is 6.18. The Labute approximate surface area is 177 Å². The predicted octanol–water partition coefficient (Wildman–Crippen LogP) is 5.91. The fourth-order valence-corrected chi connectivity index (χ4v) is 4.70. The lowest BCUT2D eigenvalue weighted by molar-refractivity contribution is 0.363. The molecule has 3 heteroatoms. The predicted molar refractivity (Wildman–Crippen MR) is 118 cm³/mol. The first-order valence-corrected chi connectivity index (χ1v) is 10.6. The van der Waals surface area contributed by atoms with Crippen molar-refractivity contribution < 1.29 is 9.63 Å². The summed E-state index contributed by atoms with van der Waals surface area (Å²) in [6, 6.07) is 28.9. The fraction of sp³-hybridized carbons (Fsp3) is 0.222. The molecule has 150 valence electrons. The Bertz CT molecular complexity index is 1080. The minimum Gasteiger partial charge on any atom is -0.508 e. The molecule has 0 bridgehead atoms. The summed E-state index contributed by atoms with van der Waals surface area (Å²) in [6.07, 6.45) is 3.86. The first-order chi connectivity index (χ1) is 14.8. The number of phenols is 1. The average molecular weight is 396 g/mol. The van der Waals surface area contributed by atoms with Crippen molar-refractivity contribution in [1.29, 1.82) is 0 Å². The van der Waals surface area contributed by atoms with Gasteiger partial charge in [0.15, 0.2) is 0 Å². The molecule has 30 heavy (non-hydrogen) atoms. The first-order valence-electron chi connectivity index (χ1n) is 10.6. The first kappa shape index (κ1) is 18.7. The maximum atomic E-state index is 10.1. The smallest absolute Gasteiger partial charge is 0.148 e. The van der Waals surface area contributed by atoms with E-state index in [1.807, 2.05) is 18.2 Å². The molecule has 0 amide bonds. The van der Waals surface area contributed by atoms with Crippen LogP contribution < -0.4 is 0 Å². The summed E-state index contributed by atoms with van der Waals surface area (Å²) in [5.41, 5.74) is 5.79. The lowest BCUT2D eigenvalue weighted by Crippen LogP contribution is -2.16. The van der Waals surface area contributed by atoms with Gasteiger partial charge in [0, 0.05) is 6.07 Å². The number of phenolic OH excluding ortho intramolecular Hbond substituents is 1. The monoisotopic (exact) mass is 395 g/mol. The van der Waals surface area contributed by atoms with Gasteiger partial charge in [-0.2, -0.15) is 0 Å². The number of hydrogen-bond donors (Lipinski definition) is 1. The van der Waals surface area contributed by atoms with Gasteiger partial charge in [-0.15, -0.1) is 0 Å². The lowest BCUT2D eigenvalue weighted by Gasteiger charge is -2.24. The van der Waals surface area contributed by atoms with Crippen LogP contribution in [0.15, 0.2) is 89.5 Å². The Morgan fingerprint density at radius 1 is 0.900 bits per heavy atom. The molecule has 0 radical (unpaired) electrons. The molecular formula is C27H25NO2. The number of hydrogen-bond acceptors (Lipinski definition) is 3. The Morgan fingerprint density at radius 2 is 1.60 bits per heavy atom. The van der Waals surface area contributed by atoms with Gasteiger partial charge in [0.2, 0.25) is 0 Å². The number of rotatable bonds is 5. The van der Waals surface area contributed by atoms with Gasteiger partial charge in [0.1, 0.15) is 11.5 Å². The molecule has 5 rings (SSSR count). The van der Waals surface area contributed by atoms with Gasteiger partial charge < -0.3 is 9.63 Å². The van der Waals surface area contributed by atoms with Gasteiger partial charge in [-0.05, 0) is 59.9 Å². The quantitative estimate of drug-likeness (QED) is 0.457. The molecule has 0 saturated heterocycles. The molecular weight excluding hydrogens is 370 g/mol. The zero-order valence-electron chi connectivity index (χ0n) is 16.9. The molecule has 1 N–H and O–H groups in total. The molecule has 1 unspecified atom stereocenters. The van der Waals surface area contributed by atoms with E-state index in [9.17, 15) is 5.11 Å². The van der Waals surface area contributed by atoms with Crippen molar-refractivity contribution in [1.82, 2.24) is 5.16 Å². The normalized spacial score (nSPS) is 15.8. The minimum atomic E-state index is 0.0395. The van der Waals surface area contributed by atoms with E-state index >= 15 is 0 Å². The number of aromatic nitrogens is 1. The van der Waals surface area contributed by atoms with Gasteiger partial charge >= 0.3 is 0 Å². The molecule has 1 aliphatic carbocycles. The van der Waals surface area contributed by atoms with Crippen LogP contribution in [0.3, 0.4) is 0 Å². The third kappa shape index (κ3) is 3.76. The summed E-state index contributed by atoms with van der Waals surface area (Å²) >= 11 is 0. The molecule has 1 aliphatic rings. The van der Waals surface area contributed by atoms with E-state index in [4.69, 9.17) is 4.52 Å². The largest absolute Gasteiger partial charge is 0.508 e. The Balaban J connectivity index is 1.39. The second-order valence-corrected chi connectivity index (χ2v) is 8.20. The van der Waals surface area contributed by atoms with Crippen LogP contribution in [0.2, 0.25) is 0 Å². The summed E-state index contributed by atoms with van der Waals surface area (Å²) < 4.78 is 5.88. The molecule has 1 aromatic heterocycles. The van der Waals surface area contributed by atoms with Gasteiger partial charge in [-0.25, -0.2) is 0 Å². The summed E-state index contributed by atoms with van der Waals surface area (Å²) in [6.45, 7) is 0. The maximum Gasteiger partial charge on any atom is 0.148 e.